The minimum atomic E-state index is -0.645. The Balaban J connectivity index is 1.27. The maximum absolute atomic E-state index is 9.58. The molecule has 2 aromatic heterocycles. The number of fused-ring (bicyclic) bond motifs is 3. The molecule has 0 aliphatic heterocycles. The van der Waals surface area contributed by atoms with E-state index in [4.69, 9.17) is 24.5 Å². The molecule has 0 radical (unpaired) electrons. The largest absolute Gasteiger partial charge is 0.208 e. The molecule has 0 aliphatic carbocycles. The molecule has 9 aromatic rings. The van der Waals surface area contributed by atoms with Gasteiger partial charge in [-0.05, 0) is 57.6 Å². The molecule has 0 fully saturated rings. The number of hydrogen-bond donors (Lipinski definition) is 0. The zero-order valence-electron chi connectivity index (χ0n) is 36.6. The molecule has 49 heavy (non-hydrogen) atoms. The van der Waals surface area contributed by atoms with Gasteiger partial charge >= 0.3 is 0 Å². The summed E-state index contributed by atoms with van der Waals surface area (Å²) in [6.07, 6.45) is 0. The Morgan fingerprint density at radius 1 is 0.347 bits per heavy atom. The lowest BCUT2D eigenvalue weighted by atomic mass is 10.0. The molecule has 7 aromatic carbocycles. The fraction of sp³-hybridized carbons (Fsp3) is 0. The van der Waals surface area contributed by atoms with Crippen molar-refractivity contribution in [1.82, 2.24) is 15.0 Å². The zero-order valence-corrected chi connectivity index (χ0v) is 26.5. The van der Waals surface area contributed by atoms with Gasteiger partial charge in [-0.25, -0.2) is 15.0 Å². The van der Waals surface area contributed by atoms with E-state index in [0.717, 1.165) is 33.6 Å². The van der Waals surface area contributed by atoms with Gasteiger partial charge < -0.3 is 0 Å². The molecule has 0 bridgehead atoms. The number of rotatable bonds is 6. The van der Waals surface area contributed by atoms with Crippen molar-refractivity contribution in [3.8, 4) is 67.5 Å². The van der Waals surface area contributed by atoms with Gasteiger partial charge in [-0.1, -0.05) is 151 Å². The van der Waals surface area contributed by atoms with Crippen LogP contribution in [0.3, 0.4) is 0 Å². The Morgan fingerprint density at radius 2 is 0.837 bits per heavy atom. The molecule has 0 saturated heterocycles. The molecule has 0 spiro atoms. The standard InChI is InChI=1S/C45H29N3S/c1-4-10-30(11-5-1)33-16-20-35(21-17-33)43-46-44(36-22-18-34(19-23-36)31-12-6-2-7-13-31)48-45(47-43)38-25-27-41-40(28-38)39-26-24-37(29-42(39)49-41)32-14-8-3-9-15-32/h1-29H/i3D,8D,9D,14D,15D,24D,25D,26D,27D,28D,29D. The highest BCUT2D eigenvalue weighted by molar-refractivity contribution is 7.25. The molecule has 0 aliphatic rings. The van der Waals surface area contributed by atoms with Crippen LogP contribution in [0.4, 0.5) is 0 Å². The maximum atomic E-state index is 9.58. The van der Waals surface area contributed by atoms with E-state index in [2.05, 4.69) is 0 Å². The van der Waals surface area contributed by atoms with Crippen molar-refractivity contribution in [2.24, 2.45) is 0 Å². The third-order valence-corrected chi connectivity index (χ3v) is 9.14. The number of benzene rings is 7. The minimum Gasteiger partial charge on any atom is -0.208 e. The first kappa shape index (κ1) is 19.6. The van der Waals surface area contributed by atoms with Crippen LogP contribution in [0.15, 0.2) is 176 Å². The van der Waals surface area contributed by atoms with Gasteiger partial charge in [0.05, 0.1) is 15.1 Å². The highest BCUT2D eigenvalue weighted by Crippen LogP contribution is 2.38. The fourth-order valence-electron chi connectivity index (χ4n) is 5.63. The van der Waals surface area contributed by atoms with E-state index in [9.17, 15) is 5.48 Å². The van der Waals surface area contributed by atoms with Crippen molar-refractivity contribution in [1.29, 1.82) is 0 Å². The van der Waals surface area contributed by atoms with Crippen molar-refractivity contribution < 1.29 is 15.1 Å². The van der Waals surface area contributed by atoms with Crippen LogP contribution >= 0.6 is 11.3 Å². The van der Waals surface area contributed by atoms with E-state index in [-0.39, 0.29) is 78.5 Å². The van der Waals surface area contributed by atoms with Gasteiger partial charge in [0.2, 0.25) is 0 Å². The lowest BCUT2D eigenvalue weighted by Gasteiger charge is -2.10. The average molecular weight is 655 g/mol. The first-order chi connectivity index (χ1) is 28.8. The van der Waals surface area contributed by atoms with Gasteiger partial charge in [-0.2, -0.15) is 0 Å². The predicted molar refractivity (Wildman–Crippen MR) is 205 cm³/mol. The second-order valence-corrected chi connectivity index (χ2v) is 12.2. The van der Waals surface area contributed by atoms with E-state index in [1.807, 2.05) is 109 Å². The average Bonchev–Trinajstić information content (AvgIpc) is 3.70. The van der Waals surface area contributed by atoms with Crippen LogP contribution in [-0.4, -0.2) is 15.0 Å². The molecular formula is C45H29N3S. The highest BCUT2D eigenvalue weighted by atomic mass is 32.1. The van der Waals surface area contributed by atoms with E-state index in [1.54, 1.807) is 0 Å². The smallest absolute Gasteiger partial charge is 0.164 e. The van der Waals surface area contributed by atoms with E-state index in [0.29, 0.717) is 11.1 Å². The molecule has 3 nitrogen and oxygen atoms in total. The van der Waals surface area contributed by atoms with Crippen molar-refractivity contribution in [3.63, 3.8) is 0 Å². The summed E-state index contributed by atoms with van der Waals surface area (Å²) in [5, 5.41) is 0.0527. The second-order valence-electron chi connectivity index (χ2n) is 11.2. The van der Waals surface area contributed by atoms with Crippen molar-refractivity contribution in [3.05, 3.63) is 176 Å². The molecule has 0 N–H and O–H groups in total. The molecule has 2 heterocycles. The number of hydrogen-bond acceptors (Lipinski definition) is 4. The summed E-state index contributed by atoms with van der Waals surface area (Å²) >= 11 is 0.876. The number of thiophene rings is 1. The van der Waals surface area contributed by atoms with E-state index >= 15 is 0 Å². The van der Waals surface area contributed by atoms with Crippen molar-refractivity contribution >= 4 is 31.5 Å². The summed E-state index contributed by atoms with van der Waals surface area (Å²) in [6, 6.07) is 29.5. The molecule has 4 heteroatoms. The summed E-state index contributed by atoms with van der Waals surface area (Å²) in [7, 11) is 0. The minimum absolute atomic E-state index is 0.00312. The summed E-state index contributed by atoms with van der Waals surface area (Å²) < 4.78 is 97.0. The molecule has 0 unspecified atom stereocenters. The topological polar surface area (TPSA) is 38.7 Å². The van der Waals surface area contributed by atoms with E-state index in [1.165, 1.54) is 0 Å². The Bertz CT molecular complexity index is 3060. The van der Waals surface area contributed by atoms with Crippen LogP contribution in [0.1, 0.15) is 15.1 Å². The van der Waals surface area contributed by atoms with Crippen LogP contribution in [0.2, 0.25) is 0 Å². The molecule has 9 rings (SSSR count). The monoisotopic (exact) mass is 654 g/mol. The SMILES string of the molecule is [2H]c1c([2H])c([2H])c(-c2c([2H])c([2H])c3c(sc4c([2H])c([2H])c(-c5nc(-c6ccc(-c7ccccc7)cc6)nc(-c6ccc(-c7ccccc7)cc6)n5)c([2H])c43)c2[2H])c([2H])c1[2H]. The normalized spacial score (nSPS) is 14.4. The Morgan fingerprint density at radius 3 is 1.41 bits per heavy atom. The maximum Gasteiger partial charge on any atom is 0.164 e. The van der Waals surface area contributed by atoms with Crippen LogP contribution in [-0.2, 0) is 0 Å². The van der Waals surface area contributed by atoms with Gasteiger partial charge in [0.25, 0.3) is 0 Å². The second kappa shape index (κ2) is 12.4. The van der Waals surface area contributed by atoms with Gasteiger partial charge in [-0.3, -0.25) is 0 Å². The van der Waals surface area contributed by atoms with Crippen LogP contribution in [0.25, 0.3) is 87.7 Å². The fourth-order valence-corrected chi connectivity index (χ4v) is 6.60. The van der Waals surface area contributed by atoms with Crippen molar-refractivity contribution in [2.45, 2.75) is 0 Å². The number of nitrogens with zero attached hydrogens (tertiary/aromatic N) is 3. The van der Waals surface area contributed by atoms with Crippen LogP contribution in [0, 0.1) is 0 Å². The van der Waals surface area contributed by atoms with Gasteiger partial charge in [0.1, 0.15) is 0 Å². The third kappa shape index (κ3) is 5.69. The summed E-state index contributed by atoms with van der Waals surface area (Å²) in [5.41, 5.74) is 4.45. The van der Waals surface area contributed by atoms with E-state index < -0.39 is 42.3 Å². The molecular weight excluding hydrogens is 615 g/mol. The van der Waals surface area contributed by atoms with Crippen LogP contribution < -0.4 is 0 Å². The summed E-state index contributed by atoms with van der Waals surface area (Å²) in [4.78, 5) is 14.5. The molecule has 0 atom stereocenters. The first-order valence-electron chi connectivity index (χ1n) is 21.0. The van der Waals surface area contributed by atoms with Gasteiger partial charge in [0.15, 0.2) is 17.5 Å². The predicted octanol–water partition coefficient (Wildman–Crippen LogP) is 12.2. The summed E-state index contributed by atoms with van der Waals surface area (Å²) in [6.45, 7) is 0. The first-order valence-corrected chi connectivity index (χ1v) is 16.3. The van der Waals surface area contributed by atoms with Crippen LogP contribution in [0.5, 0.6) is 0 Å². The Hall–Kier alpha value is -6.23. The van der Waals surface area contributed by atoms with Gasteiger partial charge in [-0.15, -0.1) is 11.3 Å². The third-order valence-electron chi connectivity index (χ3n) is 8.12. The van der Waals surface area contributed by atoms with Gasteiger partial charge in [0, 0.05) is 36.9 Å². The zero-order chi connectivity index (χ0) is 42.1. The molecule has 0 saturated carbocycles. The highest BCUT2D eigenvalue weighted by Gasteiger charge is 2.15. The summed E-state index contributed by atoms with van der Waals surface area (Å²) in [5.74, 6) is 0.459. The Kier molecular flexibility index (Phi) is 4.96. The Labute approximate surface area is 304 Å². The number of aromatic nitrogens is 3. The molecule has 0 amide bonds. The van der Waals surface area contributed by atoms with Crippen molar-refractivity contribution in [2.75, 3.05) is 0 Å². The molecule has 230 valence electrons. The lowest BCUT2D eigenvalue weighted by molar-refractivity contribution is 1.07. The quantitative estimate of drug-likeness (QED) is 0.179. The lowest BCUT2D eigenvalue weighted by Crippen LogP contribution is -2.00.